The first kappa shape index (κ1) is 12.6. The number of nitrogens with one attached hydrogen (secondary N) is 1. The highest BCUT2D eigenvalue weighted by atomic mass is 19.4. The molecule has 16 heavy (non-hydrogen) atoms. The SMILES string of the molecule is O=C(NCC(F)(F)F)C1CCCN1C(=O)O. The minimum Gasteiger partial charge on any atom is -0.465 e. The molecule has 1 fully saturated rings. The Morgan fingerprint density at radius 2 is 2.06 bits per heavy atom. The van der Waals surface area contributed by atoms with E-state index in [-0.39, 0.29) is 13.0 Å². The average molecular weight is 240 g/mol. The normalized spacial score (nSPS) is 20.9. The lowest BCUT2D eigenvalue weighted by molar-refractivity contribution is -0.140. The van der Waals surface area contributed by atoms with E-state index in [4.69, 9.17) is 5.11 Å². The summed E-state index contributed by atoms with van der Waals surface area (Å²) in [5.41, 5.74) is 0. The van der Waals surface area contributed by atoms with Gasteiger partial charge >= 0.3 is 12.3 Å². The van der Waals surface area contributed by atoms with Crippen molar-refractivity contribution in [1.29, 1.82) is 0 Å². The van der Waals surface area contributed by atoms with Gasteiger partial charge in [0.05, 0.1) is 0 Å². The Labute approximate surface area is 89.2 Å². The summed E-state index contributed by atoms with van der Waals surface area (Å²) in [6.45, 7) is -1.25. The van der Waals surface area contributed by atoms with Crippen molar-refractivity contribution in [2.24, 2.45) is 0 Å². The van der Waals surface area contributed by atoms with E-state index >= 15 is 0 Å². The third-order valence-corrected chi connectivity index (χ3v) is 2.26. The van der Waals surface area contributed by atoms with Crippen LogP contribution in [0.5, 0.6) is 0 Å². The van der Waals surface area contributed by atoms with Gasteiger partial charge in [-0.3, -0.25) is 9.69 Å². The largest absolute Gasteiger partial charge is 0.465 e. The summed E-state index contributed by atoms with van der Waals surface area (Å²) in [5, 5.41) is 10.4. The summed E-state index contributed by atoms with van der Waals surface area (Å²) in [4.78, 5) is 22.8. The fourth-order valence-electron chi connectivity index (χ4n) is 1.57. The minimum atomic E-state index is -4.48. The lowest BCUT2D eigenvalue weighted by Crippen LogP contribution is -2.47. The molecule has 1 atom stereocenters. The lowest BCUT2D eigenvalue weighted by atomic mass is 10.2. The van der Waals surface area contributed by atoms with Crippen molar-refractivity contribution in [2.75, 3.05) is 13.1 Å². The molecule has 0 aromatic carbocycles. The molecule has 8 heteroatoms. The third kappa shape index (κ3) is 3.28. The summed E-state index contributed by atoms with van der Waals surface area (Å²) < 4.78 is 35.4. The second kappa shape index (κ2) is 4.58. The monoisotopic (exact) mass is 240 g/mol. The molecule has 2 N–H and O–H groups in total. The Morgan fingerprint density at radius 1 is 1.44 bits per heavy atom. The smallest absolute Gasteiger partial charge is 0.407 e. The maximum absolute atomic E-state index is 11.8. The van der Waals surface area contributed by atoms with Gasteiger partial charge in [0.2, 0.25) is 5.91 Å². The molecule has 1 saturated heterocycles. The zero-order chi connectivity index (χ0) is 12.3. The summed E-state index contributed by atoms with van der Waals surface area (Å²) in [5.74, 6) is -0.891. The summed E-state index contributed by atoms with van der Waals surface area (Å²) in [6, 6.07) is -1.00. The molecular weight excluding hydrogens is 229 g/mol. The van der Waals surface area contributed by atoms with E-state index in [1.807, 2.05) is 0 Å². The van der Waals surface area contributed by atoms with Crippen molar-refractivity contribution in [3.05, 3.63) is 0 Å². The molecule has 92 valence electrons. The van der Waals surface area contributed by atoms with Crippen LogP contribution in [-0.2, 0) is 4.79 Å². The highest BCUT2D eigenvalue weighted by Gasteiger charge is 2.36. The van der Waals surface area contributed by atoms with Gasteiger partial charge in [0.1, 0.15) is 12.6 Å². The van der Waals surface area contributed by atoms with E-state index in [1.54, 1.807) is 5.32 Å². The Kier molecular flexibility index (Phi) is 3.61. The second-order valence-corrected chi connectivity index (χ2v) is 3.47. The van der Waals surface area contributed by atoms with Gasteiger partial charge in [-0.1, -0.05) is 0 Å². The molecule has 0 spiro atoms. The molecule has 1 unspecified atom stereocenters. The number of nitrogens with zero attached hydrogens (tertiary/aromatic N) is 1. The standard InChI is InChI=1S/C8H11F3N2O3/c9-8(10,11)4-12-6(14)5-2-1-3-13(5)7(15)16/h5H,1-4H2,(H,12,14)(H,15,16). The zero-order valence-electron chi connectivity index (χ0n) is 8.25. The molecule has 0 saturated carbocycles. The predicted octanol–water partition coefficient (Wildman–Crippen LogP) is 0.807. The van der Waals surface area contributed by atoms with Gasteiger partial charge in [0.15, 0.2) is 0 Å². The first-order chi connectivity index (χ1) is 7.31. The molecular formula is C8H11F3N2O3. The number of rotatable bonds is 2. The van der Waals surface area contributed by atoms with E-state index in [0.29, 0.717) is 6.42 Å². The number of alkyl halides is 3. The van der Waals surface area contributed by atoms with E-state index in [0.717, 1.165) is 4.90 Å². The van der Waals surface area contributed by atoms with Crippen LogP contribution in [0.25, 0.3) is 0 Å². The highest BCUT2D eigenvalue weighted by Crippen LogP contribution is 2.18. The molecule has 1 rings (SSSR count). The van der Waals surface area contributed by atoms with Crippen LogP contribution >= 0.6 is 0 Å². The van der Waals surface area contributed by atoms with E-state index < -0.39 is 30.8 Å². The van der Waals surface area contributed by atoms with Crippen LogP contribution in [0.15, 0.2) is 0 Å². The maximum atomic E-state index is 11.8. The van der Waals surface area contributed by atoms with Crippen molar-refractivity contribution >= 4 is 12.0 Å². The first-order valence-electron chi connectivity index (χ1n) is 4.65. The van der Waals surface area contributed by atoms with Crippen LogP contribution in [0, 0.1) is 0 Å². The topological polar surface area (TPSA) is 69.6 Å². The van der Waals surface area contributed by atoms with Gasteiger partial charge in [0.25, 0.3) is 0 Å². The van der Waals surface area contributed by atoms with Gasteiger partial charge in [0, 0.05) is 6.54 Å². The number of hydrogen-bond donors (Lipinski definition) is 2. The minimum absolute atomic E-state index is 0.180. The van der Waals surface area contributed by atoms with Crippen LogP contribution in [0.3, 0.4) is 0 Å². The van der Waals surface area contributed by atoms with E-state index in [2.05, 4.69) is 0 Å². The van der Waals surface area contributed by atoms with Crippen molar-refractivity contribution < 1.29 is 27.9 Å². The van der Waals surface area contributed by atoms with Crippen LogP contribution in [0.4, 0.5) is 18.0 Å². The number of amides is 2. The van der Waals surface area contributed by atoms with Gasteiger partial charge in [-0.05, 0) is 12.8 Å². The second-order valence-electron chi connectivity index (χ2n) is 3.47. The summed E-state index contributed by atoms with van der Waals surface area (Å²) in [7, 11) is 0. The predicted molar refractivity (Wildman–Crippen MR) is 46.8 cm³/mol. The first-order valence-corrected chi connectivity index (χ1v) is 4.65. The fraction of sp³-hybridized carbons (Fsp3) is 0.750. The number of carbonyl (C=O) groups excluding carboxylic acids is 1. The molecule has 1 heterocycles. The molecule has 0 bridgehead atoms. The van der Waals surface area contributed by atoms with Crippen molar-refractivity contribution in [2.45, 2.75) is 25.1 Å². The number of hydrogen-bond acceptors (Lipinski definition) is 2. The Balaban J connectivity index is 2.50. The molecule has 0 aromatic rings. The number of carboxylic acid groups (broad SMARTS) is 1. The molecule has 0 aliphatic carbocycles. The molecule has 1 aliphatic rings. The zero-order valence-corrected chi connectivity index (χ0v) is 8.25. The van der Waals surface area contributed by atoms with Crippen molar-refractivity contribution in [3.8, 4) is 0 Å². The van der Waals surface area contributed by atoms with Crippen LogP contribution in [-0.4, -0.2) is 47.3 Å². The Hall–Kier alpha value is -1.47. The maximum Gasteiger partial charge on any atom is 0.407 e. The molecule has 5 nitrogen and oxygen atoms in total. The fourth-order valence-corrected chi connectivity index (χ4v) is 1.57. The van der Waals surface area contributed by atoms with Crippen molar-refractivity contribution in [1.82, 2.24) is 10.2 Å². The van der Waals surface area contributed by atoms with Crippen LogP contribution in [0.1, 0.15) is 12.8 Å². The van der Waals surface area contributed by atoms with Gasteiger partial charge in [-0.25, -0.2) is 4.79 Å². The van der Waals surface area contributed by atoms with Gasteiger partial charge in [-0.2, -0.15) is 13.2 Å². The van der Waals surface area contributed by atoms with Gasteiger partial charge in [-0.15, -0.1) is 0 Å². The summed E-state index contributed by atoms with van der Waals surface area (Å²) in [6.07, 6.45) is -5.03. The van der Waals surface area contributed by atoms with Crippen molar-refractivity contribution in [3.63, 3.8) is 0 Å². The molecule has 1 aliphatic heterocycles. The molecule has 2 amide bonds. The number of likely N-dealkylation sites (tertiary alicyclic amines) is 1. The van der Waals surface area contributed by atoms with Crippen LogP contribution < -0.4 is 5.32 Å². The Morgan fingerprint density at radius 3 is 2.56 bits per heavy atom. The quantitative estimate of drug-likeness (QED) is 0.750. The average Bonchev–Trinajstić information content (AvgIpc) is 2.61. The van der Waals surface area contributed by atoms with E-state index in [9.17, 15) is 22.8 Å². The Bertz CT molecular complexity index is 293. The van der Waals surface area contributed by atoms with Crippen LogP contribution in [0.2, 0.25) is 0 Å². The third-order valence-electron chi connectivity index (χ3n) is 2.26. The number of carbonyl (C=O) groups is 2. The highest BCUT2D eigenvalue weighted by molar-refractivity contribution is 5.85. The summed E-state index contributed by atoms with van der Waals surface area (Å²) >= 11 is 0. The molecule has 0 aromatic heterocycles. The lowest BCUT2D eigenvalue weighted by Gasteiger charge is -2.20. The number of halogens is 3. The van der Waals surface area contributed by atoms with E-state index in [1.165, 1.54) is 0 Å². The van der Waals surface area contributed by atoms with Gasteiger partial charge < -0.3 is 10.4 Å². The molecule has 0 radical (unpaired) electrons.